The second-order valence-corrected chi connectivity index (χ2v) is 13.1. The van der Waals surface area contributed by atoms with Crippen LogP contribution in [-0.4, -0.2) is 119 Å². The Morgan fingerprint density at radius 3 is 1.08 bits per heavy atom. The third-order valence-electron chi connectivity index (χ3n) is 7.74. The molecule has 0 spiro atoms. The zero-order valence-electron chi connectivity index (χ0n) is 31.4. The standard InChI is InChI=1S/C32H58N10O10/c1-14(2)23(32(51)52)42-30(49)21(9)39-27(46)18(6)36-26(45)17(5)37-28(47)19(7)40-31(50)22(12-10-11-13-33)41-29(48)20(8)38-25(44)16(4)35-24(43)15(3)34/h14-23H,10-13,33-34H2,1-9H3,(H,35,43)(H,36,45)(H,37,47)(H,38,44)(H,39,46)(H,40,50)(H,41,48)(H,42,49)(H,51,52)/t15-,16-,17-,18-,19-,20-,21-,22-,23-/m0/s1. The minimum atomic E-state index is -1.23. The molecule has 0 unspecified atom stereocenters. The van der Waals surface area contributed by atoms with Crippen LogP contribution in [-0.2, 0) is 43.2 Å². The number of hydrogen-bond acceptors (Lipinski definition) is 11. The third-order valence-corrected chi connectivity index (χ3v) is 7.74. The number of rotatable bonds is 22. The van der Waals surface area contributed by atoms with E-state index in [0.717, 1.165) is 0 Å². The Labute approximate surface area is 303 Å². The molecule has 8 amide bonds. The summed E-state index contributed by atoms with van der Waals surface area (Å²) >= 11 is 0. The lowest BCUT2D eigenvalue weighted by molar-refractivity contribution is -0.143. The van der Waals surface area contributed by atoms with Crippen LogP contribution in [0.2, 0.25) is 0 Å². The number of unbranched alkanes of at least 4 members (excludes halogenated alkanes) is 1. The van der Waals surface area contributed by atoms with Gasteiger partial charge in [-0.25, -0.2) is 4.79 Å². The van der Waals surface area contributed by atoms with Crippen LogP contribution in [0.1, 0.15) is 81.6 Å². The van der Waals surface area contributed by atoms with Gasteiger partial charge in [0.25, 0.3) is 0 Å². The SMILES string of the molecule is CC(C)[C@H](NC(=O)[C@H](C)NC(=O)[C@H](C)NC(=O)[C@H](C)NC(=O)[C@H](C)NC(=O)[C@H](CCCCN)NC(=O)[C@H](C)NC(=O)[C@H](C)NC(=O)[C@H](C)N)C(=O)O. The van der Waals surface area contributed by atoms with Crippen LogP contribution < -0.4 is 54.0 Å². The highest BCUT2D eigenvalue weighted by atomic mass is 16.4. The molecule has 296 valence electrons. The Morgan fingerprint density at radius 1 is 0.462 bits per heavy atom. The van der Waals surface area contributed by atoms with Crippen molar-refractivity contribution in [1.29, 1.82) is 0 Å². The smallest absolute Gasteiger partial charge is 0.326 e. The van der Waals surface area contributed by atoms with Gasteiger partial charge in [0.1, 0.15) is 48.3 Å². The van der Waals surface area contributed by atoms with E-state index in [2.05, 4.69) is 42.5 Å². The molecular formula is C32H58N10O10. The van der Waals surface area contributed by atoms with Gasteiger partial charge in [0.05, 0.1) is 6.04 Å². The van der Waals surface area contributed by atoms with Crippen molar-refractivity contribution >= 4 is 53.2 Å². The van der Waals surface area contributed by atoms with Crippen molar-refractivity contribution in [3.8, 4) is 0 Å². The summed E-state index contributed by atoms with van der Waals surface area (Å²) in [6, 6.07) is -9.85. The molecule has 0 aromatic rings. The molecule has 20 nitrogen and oxygen atoms in total. The summed E-state index contributed by atoms with van der Waals surface area (Å²) in [4.78, 5) is 112. The molecule has 52 heavy (non-hydrogen) atoms. The highest BCUT2D eigenvalue weighted by Gasteiger charge is 2.30. The number of carboxylic acid groups (broad SMARTS) is 1. The van der Waals surface area contributed by atoms with E-state index in [1.54, 1.807) is 13.8 Å². The van der Waals surface area contributed by atoms with E-state index in [1.165, 1.54) is 48.5 Å². The minimum Gasteiger partial charge on any atom is -0.480 e. The summed E-state index contributed by atoms with van der Waals surface area (Å²) in [5.41, 5.74) is 11.1. The first-order valence-electron chi connectivity index (χ1n) is 17.1. The Kier molecular flexibility index (Phi) is 20.7. The normalized spacial score (nSPS) is 16.2. The van der Waals surface area contributed by atoms with E-state index in [9.17, 15) is 48.3 Å². The molecule has 0 heterocycles. The third kappa shape index (κ3) is 16.9. The van der Waals surface area contributed by atoms with Crippen LogP contribution in [0.15, 0.2) is 0 Å². The lowest BCUT2D eigenvalue weighted by atomic mass is 10.0. The fourth-order valence-corrected chi connectivity index (χ4v) is 4.26. The fraction of sp³-hybridized carbons (Fsp3) is 0.719. The second kappa shape index (κ2) is 22.9. The molecule has 0 aromatic heterocycles. The molecule has 0 rings (SSSR count). The number of hydrogen-bond donors (Lipinski definition) is 11. The van der Waals surface area contributed by atoms with Gasteiger partial charge in [0, 0.05) is 0 Å². The Hall–Kier alpha value is -4.85. The van der Waals surface area contributed by atoms with Gasteiger partial charge >= 0.3 is 5.97 Å². The van der Waals surface area contributed by atoms with E-state index >= 15 is 0 Å². The average Bonchev–Trinajstić information content (AvgIpc) is 3.05. The lowest BCUT2D eigenvalue weighted by Gasteiger charge is -2.25. The van der Waals surface area contributed by atoms with Gasteiger partial charge in [-0.3, -0.25) is 38.4 Å². The topological polar surface area (TPSA) is 322 Å². The van der Waals surface area contributed by atoms with Crippen molar-refractivity contribution in [3.63, 3.8) is 0 Å². The largest absolute Gasteiger partial charge is 0.480 e. The molecule has 0 aromatic carbocycles. The zero-order valence-corrected chi connectivity index (χ0v) is 31.4. The highest BCUT2D eigenvalue weighted by molar-refractivity contribution is 5.97. The number of carbonyl (C=O) groups is 9. The van der Waals surface area contributed by atoms with E-state index in [1.807, 2.05) is 0 Å². The maximum absolute atomic E-state index is 13.2. The quantitative estimate of drug-likeness (QED) is 0.0476. The molecular weight excluding hydrogens is 684 g/mol. The summed E-state index contributed by atoms with van der Waals surface area (Å²) < 4.78 is 0. The molecule has 0 bridgehead atoms. The van der Waals surface area contributed by atoms with Crippen molar-refractivity contribution in [2.75, 3.05) is 6.54 Å². The van der Waals surface area contributed by atoms with Crippen LogP contribution in [0.25, 0.3) is 0 Å². The van der Waals surface area contributed by atoms with Gasteiger partial charge in [-0.15, -0.1) is 0 Å². The molecule has 20 heteroatoms. The van der Waals surface area contributed by atoms with E-state index in [4.69, 9.17) is 11.5 Å². The first-order chi connectivity index (χ1) is 24.0. The van der Waals surface area contributed by atoms with E-state index in [0.29, 0.717) is 19.4 Å². The molecule has 13 N–H and O–H groups in total. The van der Waals surface area contributed by atoms with Gasteiger partial charge in [0.2, 0.25) is 47.3 Å². The van der Waals surface area contributed by atoms with Gasteiger partial charge in [-0.05, 0) is 80.2 Å². The Bertz CT molecular complexity index is 1290. The number of amides is 8. The Morgan fingerprint density at radius 2 is 0.769 bits per heavy atom. The summed E-state index contributed by atoms with van der Waals surface area (Å²) in [6.07, 6.45) is 1.14. The summed E-state index contributed by atoms with van der Waals surface area (Å²) in [5, 5.41) is 28.8. The predicted octanol–water partition coefficient (Wildman–Crippen LogP) is -3.80. The molecule has 0 fully saturated rings. The molecule has 0 saturated heterocycles. The first-order valence-corrected chi connectivity index (χ1v) is 17.1. The maximum atomic E-state index is 13.2. The number of nitrogens with one attached hydrogen (secondary N) is 8. The average molecular weight is 743 g/mol. The first kappa shape index (κ1) is 47.1. The number of nitrogens with two attached hydrogens (primary N) is 2. The molecule has 0 aliphatic heterocycles. The van der Waals surface area contributed by atoms with E-state index < -0.39 is 114 Å². The van der Waals surface area contributed by atoms with Gasteiger partial charge in [0.15, 0.2) is 0 Å². The Balaban J connectivity index is 5.23. The summed E-state index contributed by atoms with van der Waals surface area (Å²) in [5.74, 6) is -7.27. The lowest BCUT2D eigenvalue weighted by Crippen LogP contribution is -2.58. The van der Waals surface area contributed by atoms with Crippen molar-refractivity contribution < 1.29 is 48.3 Å². The molecule has 0 aliphatic carbocycles. The van der Waals surface area contributed by atoms with Gasteiger partial charge in [-0.2, -0.15) is 0 Å². The summed E-state index contributed by atoms with van der Waals surface area (Å²) in [7, 11) is 0. The molecule has 0 aliphatic rings. The summed E-state index contributed by atoms with van der Waals surface area (Å²) in [6.45, 7) is 13.2. The predicted molar refractivity (Wildman–Crippen MR) is 189 cm³/mol. The second-order valence-electron chi connectivity index (χ2n) is 13.1. The van der Waals surface area contributed by atoms with Crippen LogP contribution in [0, 0.1) is 5.92 Å². The molecule has 0 radical (unpaired) electrons. The van der Waals surface area contributed by atoms with Crippen molar-refractivity contribution in [3.05, 3.63) is 0 Å². The van der Waals surface area contributed by atoms with Gasteiger partial charge < -0.3 is 59.1 Å². The minimum absolute atomic E-state index is 0.154. The van der Waals surface area contributed by atoms with Crippen LogP contribution in [0.4, 0.5) is 0 Å². The zero-order chi connectivity index (χ0) is 40.5. The monoisotopic (exact) mass is 742 g/mol. The van der Waals surface area contributed by atoms with Crippen LogP contribution in [0.3, 0.4) is 0 Å². The van der Waals surface area contributed by atoms with E-state index in [-0.39, 0.29) is 6.42 Å². The highest BCUT2D eigenvalue weighted by Crippen LogP contribution is 2.04. The molecule has 9 atom stereocenters. The number of carboxylic acids is 1. The van der Waals surface area contributed by atoms with Crippen LogP contribution in [0.5, 0.6) is 0 Å². The molecule has 0 saturated carbocycles. The number of aliphatic carboxylic acids is 1. The van der Waals surface area contributed by atoms with Crippen molar-refractivity contribution in [2.24, 2.45) is 17.4 Å². The maximum Gasteiger partial charge on any atom is 0.326 e. The van der Waals surface area contributed by atoms with Gasteiger partial charge in [-0.1, -0.05) is 13.8 Å². The van der Waals surface area contributed by atoms with Crippen molar-refractivity contribution in [2.45, 2.75) is 136 Å². The van der Waals surface area contributed by atoms with Crippen LogP contribution >= 0.6 is 0 Å². The number of carbonyl (C=O) groups excluding carboxylic acids is 8. The van der Waals surface area contributed by atoms with Crippen molar-refractivity contribution in [1.82, 2.24) is 42.5 Å². The fourth-order valence-electron chi connectivity index (χ4n) is 4.26.